The molecular formula is C10H10N2O4. The van der Waals surface area contributed by atoms with Crippen molar-refractivity contribution in [3.05, 3.63) is 24.3 Å². The summed E-state index contributed by atoms with van der Waals surface area (Å²) in [5.41, 5.74) is 5.50. The van der Waals surface area contributed by atoms with Gasteiger partial charge in [-0.05, 0) is 12.1 Å². The summed E-state index contributed by atoms with van der Waals surface area (Å²) in [5, 5.41) is 0. The van der Waals surface area contributed by atoms with Gasteiger partial charge in [-0.1, -0.05) is 6.07 Å². The van der Waals surface area contributed by atoms with Crippen molar-refractivity contribution in [3.63, 3.8) is 0 Å². The van der Waals surface area contributed by atoms with E-state index in [1.807, 2.05) is 0 Å². The third kappa shape index (κ3) is 2.05. The number of hydrogen-bond donors (Lipinski definition) is 1. The van der Waals surface area contributed by atoms with E-state index in [1.54, 1.807) is 24.3 Å². The van der Waals surface area contributed by atoms with Crippen LogP contribution in [0.5, 0.6) is 5.75 Å². The van der Waals surface area contributed by atoms with E-state index in [9.17, 15) is 9.59 Å². The molecule has 16 heavy (non-hydrogen) atoms. The van der Waals surface area contributed by atoms with Crippen LogP contribution in [-0.4, -0.2) is 25.3 Å². The maximum atomic E-state index is 11.3. The smallest absolute Gasteiger partial charge is 0.414 e. The van der Waals surface area contributed by atoms with Gasteiger partial charge in [-0.15, -0.1) is 0 Å². The van der Waals surface area contributed by atoms with Gasteiger partial charge in [0.2, 0.25) is 0 Å². The Kier molecular flexibility index (Phi) is 2.63. The largest absolute Gasteiger partial charge is 0.447 e. The molecule has 0 aromatic heterocycles. The highest BCUT2D eigenvalue weighted by Crippen LogP contribution is 2.23. The van der Waals surface area contributed by atoms with Crippen molar-refractivity contribution in [1.29, 1.82) is 0 Å². The minimum absolute atomic E-state index is 0.296. The number of amides is 2. The zero-order valence-corrected chi connectivity index (χ0v) is 8.38. The van der Waals surface area contributed by atoms with Crippen LogP contribution in [0.15, 0.2) is 24.3 Å². The van der Waals surface area contributed by atoms with Crippen LogP contribution in [0.25, 0.3) is 0 Å². The Morgan fingerprint density at radius 3 is 2.94 bits per heavy atom. The van der Waals surface area contributed by atoms with E-state index in [1.165, 1.54) is 4.90 Å². The number of carbonyl (C=O) groups is 2. The number of nitrogens with two attached hydrogens (primary N) is 1. The molecular weight excluding hydrogens is 212 g/mol. The van der Waals surface area contributed by atoms with Gasteiger partial charge in [0.25, 0.3) is 0 Å². The molecule has 1 aromatic rings. The predicted molar refractivity (Wildman–Crippen MR) is 55.3 cm³/mol. The maximum absolute atomic E-state index is 11.3. The normalized spacial score (nSPS) is 14.8. The van der Waals surface area contributed by atoms with Crippen LogP contribution in [0.2, 0.25) is 0 Å². The third-order valence-electron chi connectivity index (χ3n) is 2.11. The van der Waals surface area contributed by atoms with E-state index >= 15 is 0 Å². The van der Waals surface area contributed by atoms with Crippen LogP contribution >= 0.6 is 0 Å². The molecule has 2 amide bonds. The summed E-state index contributed by atoms with van der Waals surface area (Å²) in [7, 11) is 0. The molecule has 6 heteroatoms. The van der Waals surface area contributed by atoms with Crippen molar-refractivity contribution in [2.75, 3.05) is 18.1 Å². The molecule has 0 spiro atoms. The summed E-state index contributed by atoms with van der Waals surface area (Å²) in [6.45, 7) is 0.846. The molecule has 1 saturated heterocycles. The fourth-order valence-corrected chi connectivity index (χ4v) is 1.46. The van der Waals surface area contributed by atoms with Gasteiger partial charge >= 0.3 is 12.2 Å². The Hall–Kier alpha value is -2.24. The molecule has 0 bridgehead atoms. The van der Waals surface area contributed by atoms with Crippen LogP contribution in [0, 0.1) is 0 Å². The fourth-order valence-electron chi connectivity index (χ4n) is 1.46. The molecule has 0 aliphatic carbocycles. The van der Waals surface area contributed by atoms with Gasteiger partial charge in [0, 0.05) is 6.07 Å². The number of cyclic esters (lactones) is 1. The van der Waals surface area contributed by atoms with E-state index in [0.29, 0.717) is 24.6 Å². The van der Waals surface area contributed by atoms with Crippen LogP contribution in [0.3, 0.4) is 0 Å². The van der Waals surface area contributed by atoms with Gasteiger partial charge in [0.15, 0.2) is 0 Å². The van der Waals surface area contributed by atoms with Crippen molar-refractivity contribution in [2.45, 2.75) is 0 Å². The average Bonchev–Trinajstić information content (AvgIpc) is 2.64. The van der Waals surface area contributed by atoms with E-state index in [4.69, 9.17) is 15.2 Å². The highest BCUT2D eigenvalue weighted by molar-refractivity contribution is 5.89. The Bertz CT molecular complexity index is 433. The summed E-state index contributed by atoms with van der Waals surface area (Å²) in [6.07, 6.45) is -1.29. The summed E-state index contributed by atoms with van der Waals surface area (Å²) >= 11 is 0. The van der Waals surface area contributed by atoms with Gasteiger partial charge in [0.05, 0.1) is 12.2 Å². The summed E-state index contributed by atoms with van der Waals surface area (Å²) in [6, 6.07) is 6.52. The second kappa shape index (κ2) is 4.09. The predicted octanol–water partition coefficient (Wildman–Crippen LogP) is 1.10. The molecule has 0 unspecified atom stereocenters. The van der Waals surface area contributed by atoms with Crippen LogP contribution in [0.1, 0.15) is 0 Å². The first-order valence-corrected chi connectivity index (χ1v) is 4.68. The summed E-state index contributed by atoms with van der Waals surface area (Å²) in [4.78, 5) is 23.3. The number of primary amides is 1. The number of nitrogens with zero attached hydrogens (tertiary/aromatic N) is 1. The molecule has 1 aliphatic rings. The van der Waals surface area contributed by atoms with Crippen molar-refractivity contribution in [3.8, 4) is 5.75 Å². The standard InChI is InChI=1S/C10H10N2O4/c11-9(13)16-8-3-1-2-7(6-8)12-4-5-15-10(12)14/h1-3,6H,4-5H2,(H2,11,13). The van der Waals surface area contributed by atoms with E-state index < -0.39 is 12.2 Å². The highest BCUT2D eigenvalue weighted by Gasteiger charge is 2.23. The lowest BCUT2D eigenvalue weighted by Crippen LogP contribution is -2.23. The SMILES string of the molecule is NC(=O)Oc1cccc(N2CCOC2=O)c1. The first kappa shape index (κ1) is 10.3. The molecule has 1 fully saturated rings. The molecule has 0 saturated carbocycles. The van der Waals surface area contributed by atoms with Crippen molar-refractivity contribution in [2.24, 2.45) is 5.73 Å². The number of anilines is 1. The molecule has 1 heterocycles. The van der Waals surface area contributed by atoms with Crippen LogP contribution in [-0.2, 0) is 4.74 Å². The molecule has 2 rings (SSSR count). The van der Waals surface area contributed by atoms with Gasteiger partial charge in [0.1, 0.15) is 12.4 Å². The average molecular weight is 222 g/mol. The van der Waals surface area contributed by atoms with Crippen molar-refractivity contribution >= 4 is 17.9 Å². The molecule has 1 aromatic carbocycles. The van der Waals surface area contributed by atoms with Gasteiger partial charge in [-0.25, -0.2) is 9.59 Å². The maximum Gasteiger partial charge on any atom is 0.414 e. The van der Waals surface area contributed by atoms with Crippen LogP contribution < -0.4 is 15.4 Å². The molecule has 84 valence electrons. The minimum Gasteiger partial charge on any atom is -0.447 e. The highest BCUT2D eigenvalue weighted by atomic mass is 16.6. The number of hydrogen-bond acceptors (Lipinski definition) is 4. The van der Waals surface area contributed by atoms with Gasteiger partial charge in [-0.3, -0.25) is 4.90 Å². The monoisotopic (exact) mass is 222 g/mol. The van der Waals surface area contributed by atoms with Crippen LogP contribution in [0.4, 0.5) is 15.3 Å². The molecule has 6 nitrogen and oxygen atoms in total. The lowest BCUT2D eigenvalue weighted by Gasteiger charge is -2.13. The Balaban J connectivity index is 2.21. The zero-order chi connectivity index (χ0) is 11.5. The minimum atomic E-state index is -0.888. The second-order valence-electron chi connectivity index (χ2n) is 3.18. The number of ether oxygens (including phenoxy) is 2. The fraction of sp³-hybridized carbons (Fsp3) is 0.200. The second-order valence-corrected chi connectivity index (χ2v) is 3.18. The summed E-state index contributed by atoms with van der Waals surface area (Å²) in [5.74, 6) is 0.296. The molecule has 0 atom stereocenters. The lowest BCUT2D eigenvalue weighted by atomic mass is 10.3. The first-order chi connectivity index (χ1) is 7.66. The van der Waals surface area contributed by atoms with E-state index in [2.05, 4.69) is 0 Å². The number of benzene rings is 1. The molecule has 0 radical (unpaired) electrons. The number of rotatable bonds is 2. The molecule has 2 N–H and O–H groups in total. The first-order valence-electron chi connectivity index (χ1n) is 4.68. The zero-order valence-electron chi connectivity index (χ0n) is 8.38. The van der Waals surface area contributed by atoms with Gasteiger partial charge < -0.3 is 15.2 Å². The quantitative estimate of drug-likeness (QED) is 0.812. The summed E-state index contributed by atoms with van der Waals surface area (Å²) < 4.78 is 9.51. The topological polar surface area (TPSA) is 81.9 Å². The Morgan fingerprint density at radius 2 is 2.31 bits per heavy atom. The number of carbonyl (C=O) groups excluding carboxylic acids is 2. The van der Waals surface area contributed by atoms with Gasteiger partial charge in [-0.2, -0.15) is 0 Å². The third-order valence-corrected chi connectivity index (χ3v) is 2.11. The van der Waals surface area contributed by atoms with E-state index in [0.717, 1.165) is 0 Å². The lowest BCUT2D eigenvalue weighted by molar-refractivity contribution is 0.181. The Morgan fingerprint density at radius 1 is 1.50 bits per heavy atom. The van der Waals surface area contributed by atoms with Crippen molar-refractivity contribution < 1.29 is 19.1 Å². The Labute approximate surface area is 91.5 Å². The van der Waals surface area contributed by atoms with Crippen molar-refractivity contribution in [1.82, 2.24) is 0 Å². The molecule has 1 aliphatic heterocycles. The van der Waals surface area contributed by atoms with E-state index in [-0.39, 0.29) is 0 Å².